The Morgan fingerprint density at radius 3 is 2.41 bits per heavy atom. The summed E-state index contributed by atoms with van der Waals surface area (Å²) in [7, 11) is 0. The molecule has 5 unspecified atom stereocenters. The van der Waals surface area contributed by atoms with Crippen LogP contribution < -0.4 is 0 Å². The fraction of sp³-hybridized carbons (Fsp3) is 0.714. The smallest absolute Gasteiger partial charge is 0.00109 e. The molecule has 2 fully saturated rings. The summed E-state index contributed by atoms with van der Waals surface area (Å²) in [6, 6.07) is 11.4. The molecule has 22 heavy (non-hydrogen) atoms. The van der Waals surface area contributed by atoms with Crippen LogP contribution in [-0.4, -0.2) is 12.0 Å². The number of hydrogen-bond donors (Lipinski definition) is 0. The molecule has 2 saturated carbocycles. The molecule has 2 aliphatic rings. The van der Waals surface area contributed by atoms with E-state index in [1.54, 1.807) is 5.56 Å². The second-order valence-corrected chi connectivity index (χ2v) is 9.71. The number of rotatable bonds is 3. The molecule has 0 heterocycles. The van der Waals surface area contributed by atoms with Gasteiger partial charge >= 0.3 is 0 Å². The normalized spacial score (nSPS) is 40.4. The van der Waals surface area contributed by atoms with Crippen molar-refractivity contribution in [2.75, 3.05) is 12.0 Å². The Hall–Kier alpha value is -0.430. The first-order valence-electron chi connectivity index (χ1n) is 8.94. The third-order valence-corrected chi connectivity index (χ3v) is 7.60. The first-order chi connectivity index (χ1) is 10.4. The molecule has 122 valence electrons. The Morgan fingerprint density at radius 2 is 1.77 bits per heavy atom. The maximum absolute atomic E-state index is 2.54. The second-order valence-electron chi connectivity index (χ2n) is 8.80. The van der Waals surface area contributed by atoms with Crippen LogP contribution in [0.4, 0.5) is 0 Å². The van der Waals surface area contributed by atoms with Crippen molar-refractivity contribution >= 4 is 11.8 Å². The fourth-order valence-electron chi connectivity index (χ4n) is 5.93. The minimum atomic E-state index is 0.405. The molecule has 1 heteroatoms. The first kappa shape index (κ1) is 16.4. The SMILES string of the molecule is CSCC1C2CC(C)(C)CC(c3ccccc3)(C2)C(C)C1C. The topological polar surface area (TPSA) is 0 Å². The first-order valence-corrected chi connectivity index (χ1v) is 10.3. The minimum Gasteiger partial charge on any atom is -0.165 e. The summed E-state index contributed by atoms with van der Waals surface area (Å²) < 4.78 is 0. The van der Waals surface area contributed by atoms with Gasteiger partial charge in [0.25, 0.3) is 0 Å². The van der Waals surface area contributed by atoms with Crippen LogP contribution in [0.25, 0.3) is 0 Å². The van der Waals surface area contributed by atoms with E-state index in [0.717, 1.165) is 23.7 Å². The van der Waals surface area contributed by atoms with Crippen LogP contribution in [0.5, 0.6) is 0 Å². The summed E-state index contributed by atoms with van der Waals surface area (Å²) in [6.07, 6.45) is 6.48. The van der Waals surface area contributed by atoms with Crippen molar-refractivity contribution < 1.29 is 0 Å². The number of benzene rings is 1. The molecule has 1 aromatic carbocycles. The van der Waals surface area contributed by atoms with Crippen LogP contribution in [0.15, 0.2) is 30.3 Å². The molecule has 0 nitrogen and oxygen atoms in total. The molecular weight excluding hydrogens is 284 g/mol. The van der Waals surface area contributed by atoms with E-state index in [0.29, 0.717) is 10.8 Å². The van der Waals surface area contributed by atoms with Crippen LogP contribution in [0.2, 0.25) is 0 Å². The van der Waals surface area contributed by atoms with Crippen molar-refractivity contribution in [2.24, 2.45) is 29.1 Å². The quantitative estimate of drug-likeness (QED) is 0.657. The van der Waals surface area contributed by atoms with Crippen LogP contribution in [0.3, 0.4) is 0 Å². The van der Waals surface area contributed by atoms with E-state index >= 15 is 0 Å². The molecule has 0 spiro atoms. The molecule has 3 rings (SSSR count). The van der Waals surface area contributed by atoms with Gasteiger partial charge in [-0.3, -0.25) is 0 Å². The predicted octanol–water partition coefficient (Wildman–Crippen LogP) is 6.02. The Balaban J connectivity index is 2.05. The van der Waals surface area contributed by atoms with E-state index < -0.39 is 0 Å². The Morgan fingerprint density at radius 1 is 1.09 bits per heavy atom. The van der Waals surface area contributed by atoms with E-state index in [1.165, 1.54) is 25.0 Å². The van der Waals surface area contributed by atoms with Crippen LogP contribution in [0, 0.1) is 29.1 Å². The molecule has 2 bridgehead atoms. The summed E-state index contributed by atoms with van der Waals surface area (Å²) in [5, 5.41) is 0. The van der Waals surface area contributed by atoms with Gasteiger partial charge in [0.05, 0.1) is 0 Å². The van der Waals surface area contributed by atoms with Gasteiger partial charge in [0.2, 0.25) is 0 Å². The summed E-state index contributed by atoms with van der Waals surface area (Å²) in [5.74, 6) is 4.77. The molecule has 0 amide bonds. The maximum Gasteiger partial charge on any atom is -0.00109 e. The number of fused-ring (bicyclic) bond motifs is 2. The third kappa shape index (κ3) is 2.64. The van der Waals surface area contributed by atoms with E-state index in [9.17, 15) is 0 Å². The zero-order valence-corrected chi connectivity index (χ0v) is 15.7. The highest BCUT2D eigenvalue weighted by atomic mass is 32.2. The Bertz CT molecular complexity index is 506. The van der Waals surface area contributed by atoms with Gasteiger partial charge in [0.15, 0.2) is 0 Å². The summed E-state index contributed by atoms with van der Waals surface area (Å²) in [4.78, 5) is 0. The molecule has 5 atom stereocenters. The fourth-order valence-corrected chi connectivity index (χ4v) is 6.89. The highest BCUT2D eigenvalue weighted by Crippen LogP contribution is 2.62. The monoisotopic (exact) mass is 316 g/mol. The zero-order valence-electron chi connectivity index (χ0n) is 14.9. The lowest BCUT2D eigenvalue weighted by molar-refractivity contribution is -0.0470. The third-order valence-electron chi connectivity index (χ3n) is 6.88. The van der Waals surface area contributed by atoms with Crippen molar-refractivity contribution in [3.63, 3.8) is 0 Å². The van der Waals surface area contributed by atoms with E-state index in [1.807, 2.05) is 0 Å². The number of hydrogen-bond acceptors (Lipinski definition) is 1. The van der Waals surface area contributed by atoms with Crippen molar-refractivity contribution in [1.82, 2.24) is 0 Å². The number of thioether (sulfide) groups is 1. The molecule has 0 saturated heterocycles. The average Bonchev–Trinajstić information content (AvgIpc) is 2.49. The van der Waals surface area contributed by atoms with Gasteiger partial charge in [-0.1, -0.05) is 58.0 Å². The average molecular weight is 317 g/mol. The Labute approximate surface area is 141 Å². The van der Waals surface area contributed by atoms with E-state index in [-0.39, 0.29) is 0 Å². The molecule has 0 aliphatic heterocycles. The summed E-state index contributed by atoms with van der Waals surface area (Å²) in [5.41, 5.74) is 2.49. The van der Waals surface area contributed by atoms with Gasteiger partial charge in [-0.25, -0.2) is 0 Å². The minimum absolute atomic E-state index is 0.405. The standard InChI is InChI=1S/C21H32S/c1-15-16(2)21(18-9-7-6-8-10-18)12-17(19(15)13-22-5)11-20(3,4)14-21/h6-10,15-17,19H,11-14H2,1-5H3. The van der Waals surface area contributed by atoms with Crippen LogP contribution in [-0.2, 0) is 5.41 Å². The van der Waals surface area contributed by atoms with Crippen LogP contribution >= 0.6 is 11.8 Å². The lowest BCUT2D eigenvalue weighted by atomic mass is 9.45. The maximum atomic E-state index is 2.54. The van der Waals surface area contributed by atoms with Crippen LogP contribution in [0.1, 0.15) is 52.5 Å². The van der Waals surface area contributed by atoms with E-state index in [2.05, 4.69) is 76.0 Å². The molecule has 0 aromatic heterocycles. The largest absolute Gasteiger partial charge is 0.165 e. The lowest BCUT2D eigenvalue weighted by Crippen LogP contribution is -2.55. The Kier molecular flexibility index (Phi) is 4.40. The molecule has 2 aliphatic carbocycles. The van der Waals surface area contributed by atoms with Gasteiger partial charge in [-0.05, 0) is 71.3 Å². The van der Waals surface area contributed by atoms with Gasteiger partial charge in [0, 0.05) is 0 Å². The highest BCUT2D eigenvalue weighted by molar-refractivity contribution is 7.98. The van der Waals surface area contributed by atoms with Gasteiger partial charge in [-0.15, -0.1) is 0 Å². The zero-order chi connectivity index (χ0) is 16.0. The van der Waals surface area contributed by atoms with Gasteiger partial charge in [-0.2, -0.15) is 11.8 Å². The van der Waals surface area contributed by atoms with Crippen molar-refractivity contribution in [3.8, 4) is 0 Å². The van der Waals surface area contributed by atoms with E-state index in [4.69, 9.17) is 0 Å². The summed E-state index contributed by atoms with van der Waals surface area (Å²) >= 11 is 2.05. The van der Waals surface area contributed by atoms with Gasteiger partial charge < -0.3 is 0 Å². The van der Waals surface area contributed by atoms with Crippen molar-refractivity contribution in [2.45, 2.75) is 52.4 Å². The summed E-state index contributed by atoms with van der Waals surface area (Å²) in [6.45, 7) is 10.1. The molecule has 0 N–H and O–H groups in total. The van der Waals surface area contributed by atoms with Gasteiger partial charge in [0.1, 0.15) is 0 Å². The molecular formula is C21H32S. The highest BCUT2D eigenvalue weighted by Gasteiger charge is 2.55. The molecule has 1 aromatic rings. The van der Waals surface area contributed by atoms with Crippen molar-refractivity contribution in [1.29, 1.82) is 0 Å². The predicted molar refractivity (Wildman–Crippen MR) is 99.4 cm³/mol. The second kappa shape index (κ2) is 5.89. The van der Waals surface area contributed by atoms with Crippen molar-refractivity contribution in [3.05, 3.63) is 35.9 Å². The molecule has 0 radical (unpaired) electrons. The lowest BCUT2D eigenvalue weighted by Gasteiger charge is -2.60.